The first kappa shape index (κ1) is 18.4. The lowest BCUT2D eigenvalue weighted by atomic mass is 10.2. The molecule has 0 atom stereocenters. The van der Waals surface area contributed by atoms with Crippen molar-refractivity contribution >= 4 is 27.9 Å². The number of aromatic nitrogens is 2. The van der Waals surface area contributed by atoms with Crippen LogP contribution in [0.4, 0.5) is 5.82 Å². The zero-order chi connectivity index (χ0) is 19.4. The molecule has 0 fully saturated rings. The second-order valence-corrected chi connectivity index (χ2v) is 7.50. The minimum Gasteiger partial charge on any atom is -0.403 e. The van der Waals surface area contributed by atoms with Crippen molar-refractivity contribution in [3.63, 3.8) is 0 Å². The van der Waals surface area contributed by atoms with E-state index in [2.05, 4.69) is 5.10 Å². The molecule has 138 valence electrons. The predicted molar refractivity (Wildman–Crippen MR) is 102 cm³/mol. The van der Waals surface area contributed by atoms with Crippen LogP contribution in [0.5, 0.6) is 5.88 Å². The second-order valence-electron chi connectivity index (χ2n) is 5.73. The van der Waals surface area contributed by atoms with Crippen molar-refractivity contribution in [2.75, 3.05) is 5.73 Å². The lowest BCUT2D eigenvalue weighted by molar-refractivity contribution is -0.129. The molecule has 8 heteroatoms. The standard InChI is InChI=1S/C19H17N3O4S/c1-14-7-10-16(11-8-14)27(24,25)22-17(20)13-18(21-22)26-19(23)12-9-15-5-3-2-4-6-15/h2-13H,20H2,1H3. The Morgan fingerprint density at radius 1 is 1.11 bits per heavy atom. The number of hydrogen-bond acceptors (Lipinski definition) is 6. The van der Waals surface area contributed by atoms with Crippen molar-refractivity contribution in [2.45, 2.75) is 11.8 Å². The topological polar surface area (TPSA) is 104 Å². The van der Waals surface area contributed by atoms with Gasteiger partial charge >= 0.3 is 5.97 Å². The largest absolute Gasteiger partial charge is 0.403 e. The average molecular weight is 383 g/mol. The van der Waals surface area contributed by atoms with E-state index < -0.39 is 16.0 Å². The number of nitrogen functional groups attached to an aromatic ring is 1. The smallest absolute Gasteiger partial charge is 0.337 e. The maximum atomic E-state index is 12.6. The van der Waals surface area contributed by atoms with Gasteiger partial charge in [-0.05, 0) is 30.7 Å². The molecule has 0 unspecified atom stereocenters. The Morgan fingerprint density at radius 2 is 1.78 bits per heavy atom. The third-order valence-electron chi connectivity index (χ3n) is 3.64. The van der Waals surface area contributed by atoms with Gasteiger partial charge < -0.3 is 10.5 Å². The molecular weight excluding hydrogens is 366 g/mol. The van der Waals surface area contributed by atoms with Gasteiger partial charge in [-0.3, -0.25) is 0 Å². The summed E-state index contributed by atoms with van der Waals surface area (Å²) in [5.41, 5.74) is 7.49. The van der Waals surface area contributed by atoms with Gasteiger partial charge in [0.15, 0.2) is 0 Å². The number of rotatable bonds is 5. The van der Waals surface area contributed by atoms with Gasteiger partial charge in [-0.1, -0.05) is 48.0 Å². The molecule has 0 radical (unpaired) electrons. The molecule has 0 saturated carbocycles. The van der Waals surface area contributed by atoms with E-state index in [0.29, 0.717) is 4.09 Å². The first-order valence-electron chi connectivity index (χ1n) is 7.99. The molecular formula is C19H17N3O4S. The van der Waals surface area contributed by atoms with Crippen molar-refractivity contribution in [2.24, 2.45) is 0 Å². The molecule has 1 aromatic heterocycles. The van der Waals surface area contributed by atoms with E-state index in [4.69, 9.17) is 10.5 Å². The molecule has 0 spiro atoms. The van der Waals surface area contributed by atoms with Gasteiger partial charge in [-0.15, -0.1) is 9.19 Å². The van der Waals surface area contributed by atoms with Crippen LogP contribution in [-0.4, -0.2) is 23.6 Å². The lowest BCUT2D eigenvalue weighted by Crippen LogP contribution is -2.17. The number of ether oxygens (including phenoxy) is 1. The van der Waals surface area contributed by atoms with E-state index in [0.717, 1.165) is 11.1 Å². The van der Waals surface area contributed by atoms with E-state index in [-0.39, 0.29) is 16.6 Å². The van der Waals surface area contributed by atoms with Crippen molar-refractivity contribution in [1.82, 2.24) is 9.19 Å². The monoisotopic (exact) mass is 383 g/mol. The van der Waals surface area contributed by atoms with Crippen molar-refractivity contribution < 1.29 is 17.9 Å². The first-order valence-corrected chi connectivity index (χ1v) is 9.43. The number of esters is 1. The van der Waals surface area contributed by atoms with E-state index >= 15 is 0 Å². The van der Waals surface area contributed by atoms with Crippen LogP contribution in [0.3, 0.4) is 0 Å². The molecule has 0 saturated heterocycles. The summed E-state index contributed by atoms with van der Waals surface area (Å²) >= 11 is 0. The number of benzene rings is 2. The summed E-state index contributed by atoms with van der Waals surface area (Å²) in [6.45, 7) is 1.85. The number of aryl methyl sites for hydroxylation is 1. The molecule has 2 N–H and O–H groups in total. The molecule has 2 aromatic carbocycles. The minimum absolute atomic E-state index is 0.0322. The first-order chi connectivity index (χ1) is 12.9. The Bertz CT molecular complexity index is 1090. The van der Waals surface area contributed by atoms with Gasteiger partial charge in [0.2, 0.25) is 5.88 Å². The van der Waals surface area contributed by atoms with Crippen LogP contribution < -0.4 is 10.5 Å². The Kier molecular flexibility index (Phi) is 5.09. The zero-order valence-electron chi connectivity index (χ0n) is 14.4. The fourth-order valence-electron chi connectivity index (χ4n) is 2.28. The third kappa shape index (κ3) is 4.24. The van der Waals surface area contributed by atoms with Crippen LogP contribution in [-0.2, 0) is 14.8 Å². The highest BCUT2D eigenvalue weighted by Crippen LogP contribution is 2.21. The molecule has 7 nitrogen and oxygen atoms in total. The van der Waals surface area contributed by atoms with Gasteiger partial charge in [0.1, 0.15) is 5.82 Å². The summed E-state index contributed by atoms with van der Waals surface area (Å²) in [5, 5.41) is 3.80. The second kappa shape index (κ2) is 7.46. The van der Waals surface area contributed by atoms with E-state index in [9.17, 15) is 13.2 Å². The van der Waals surface area contributed by atoms with Gasteiger partial charge in [-0.2, -0.15) is 8.42 Å². The van der Waals surface area contributed by atoms with Crippen molar-refractivity contribution in [3.05, 3.63) is 77.9 Å². The number of carbonyl (C=O) groups is 1. The number of carbonyl (C=O) groups excluding carboxylic acids is 1. The molecule has 0 aliphatic rings. The van der Waals surface area contributed by atoms with Gasteiger partial charge in [-0.25, -0.2) is 4.79 Å². The predicted octanol–water partition coefficient (Wildman–Crippen LogP) is 2.63. The van der Waals surface area contributed by atoms with E-state index in [1.807, 2.05) is 37.3 Å². The van der Waals surface area contributed by atoms with Crippen LogP contribution >= 0.6 is 0 Å². The van der Waals surface area contributed by atoms with Crippen molar-refractivity contribution in [1.29, 1.82) is 0 Å². The summed E-state index contributed by atoms with van der Waals surface area (Å²) in [4.78, 5) is 11.9. The summed E-state index contributed by atoms with van der Waals surface area (Å²) in [6, 6.07) is 16.6. The molecule has 0 amide bonds. The Balaban J connectivity index is 1.79. The molecule has 3 rings (SSSR count). The zero-order valence-corrected chi connectivity index (χ0v) is 15.3. The highest BCUT2D eigenvalue weighted by atomic mass is 32.2. The van der Waals surface area contributed by atoms with Crippen molar-refractivity contribution in [3.8, 4) is 5.88 Å². The highest BCUT2D eigenvalue weighted by Gasteiger charge is 2.22. The number of hydrogen-bond donors (Lipinski definition) is 1. The lowest BCUT2D eigenvalue weighted by Gasteiger charge is -2.06. The highest BCUT2D eigenvalue weighted by molar-refractivity contribution is 7.90. The molecule has 3 aromatic rings. The number of anilines is 1. The SMILES string of the molecule is Cc1ccc(S(=O)(=O)n2nc(OC(=O)C=Cc3ccccc3)cc2N)cc1. The maximum absolute atomic E-state index is 12.6. The molecule has 27 heavy (non-hydrogen) atoms. The third-order valence-corrected chi connectivity index (χ3v) is 5.26. The maximum Gasteiger partial charge on any atom is 0.337 e. The van der Waals surface area contributed by atoms with Crippen LogP contribution in [0.2, 0.25) is 0 Å². The van der Waals surface area contributed by atoms with E-state index in [1.165, 1.54) is 24.3 Å². The fourth-order valence-corrected chi connectivity index (χ4v) is 3.47. The number of nitrogens with two attached hydrogens (primary N) is 1. The van der Waals surface area contributed by atoms with E-state index in [1.54, 1.807) is 18.2 Å². The van der Waals surface area contributed by atoms with Crippen LogP contribution in [0.15, 0.2) is 71.6 Å². The molecule has 0 bridgehead atoms. The summed E-state index contributed by atoms with van der Waals surface area (Å²) < 4.78 is 31.0. The Labute approximate surface area is 156 Å². The summed E-state index contributed by atoms with van der Waals surface area (Å²) in [6.07, 6.45) is 2.80. The fraction of sp³-hybridized carbons (Fsp3) is 0.0526. The Morgan fingerprint density at radius 3 is 2.44 bits per heavy atom. The van der Waals surface area contributed by atoms with Gasteiger partial charge in [0.25, 0.3) is 10.0 Å². The molecule has 0 aliphatic carbocycles. The van der Waals surface area contributed by atoms with Gasteiger partial charge in [0, 0.05) is 12.1 Å². The average Bonchev–Trinajstić information content (AvgIpc) is 3.02. The summed E-state index contributed by atoms with van der Waals surface area (Å²) in [7, 11) is -3.99. The van der Waals surface area contributed by atoms with Crippen LogP contribution in [0, 0.1) is 6.92 Å². The quantitative estimate of drug-likeness (QED) is 0.536. The number of nitrogens with zero attached hydrogens (tertiary/aromatic N) is 2. The molecule has 1 heterocycles. The normalized spacial score (nSPS) is 11.6. The molecule has 0 aliphatic heterocycles. The van der Waals surface area contributed by atoms with Crippen LogP contribution in [0.1, 0.15) is 11.1 Å². The Hall–Kier alpha value is -3.39. The van der Waals surface area contributed by atoms with Gasteiger partial charge in [0.05, 0.1) is 4.90 Å². The minimum atomic E-state index is -3.99. The summed E-state index contributed by atoms with van der Waals surface area (Å²) in [5.74, 6) is -1.06. The van der Waals surface area contributed by atoms with Crippen LogP contribution in [0.25, 0.3) is 6.08 Å².